The molecule has 0 spiro atoms. The second kappa shape index (κ2) is 7.09. The lowest BCUT2D eigenvalue weighted by atomic mass is 10.1. The van der Waals surface area contributed by atoms with Crippen LogP contribution in [0.25, 0.3) is 0 Å². The molecule has 0 unspecified atom stereocenters. The Morgan fingerprint density at radius 1 is 1.10 bits per heavy atom. The predicted molar refractivity (Wildman–Crippen MR) is 83.9 cm³/mol. The van der Waals surface area contributed by atoms with Crippen molar-refractivity contribution in [2.24, 2.45) is 5.73 Å². The molecule has 21 heavy (non-hydrogen) atoms. The summed E-state index contributed by atoms with van der Waals surface area (Å²) in [6, 6.07) is 9.58. The zero-order chi connectivity index (χ0) is 15.2. The van der Waals surface area contributed by atoms with Crippen molar-refractivity contribution < 1.29 is 9.47 Å². The van der Waals surface area contributed by atoms with Gasteiger partial charge in [-0.15, -0.1) is 0 Å². The van der Waals surface area contributed by atoms with Crippen LogP contribution in [0.3, 0.4) is 0 Å². The van der Waals surface area contributed by atoms with E-state index in [-0.39, 0.29) is 0 Å². The standard InChI is InChI=1S/C17H22N2O2/c1-4-9-20-15-7-5-6-8-16(15)21-17-10-12(2)19-13(3)14(17)11-18/h5-8,10H,4,9,11,18H2,1-3H3. The maximum absolute atomic E-state index is 6.05. The minimum atomic E-state index is 0.395. The summed E-state index contributed by atoms with van der Waals surface area (Å²) in [6.45, 7) is 7.03. The number of hydrogen-bond donors (Lipinski definition) is 1. The second-order valence-corrected chi connectivity index (χ2v) is 4.93. The van der Waals surface area contributed by atoms with Crippen molar-refractivity contribution >= 4 is 0 Å². The van der Waals surface area contributed by atoms with Crippen molar-refractivity contribution in [3.8, 4) is 17.2 Å². The lowest BCUT2D eigenvalue weighted by Crippen LogP contribution is -2.05. The molecular formula is C17H22N2O2. The van der Waals surface area contributed by atoms with E-state index in [4.69, 9.17) is 15.2 Å². The third kappa shape index (κ3) is 3.73. The summed E-state index contributed by atoms with van der Waals surface area (Å²) >= 11 is 0. The molecule has 0 saturated heterocycles. The van der Waals surface area contributed by atoms with E-state index in [2.05, 4.69) is 11.9 Å². The van der Waals surface area contributed by atoms with Gasteiger partial charge >= 0.3 is 0 Å². The number of hydrogen-bond acceptors (Lipinski definition) is 4. The maximum atomic E-state index is 6.05. The third-order valence-corrected chi connectivity index (χ3v) is 3.15. The highest BCUT2D eigenvalue weighted by Crippen LogP contribution is 2.34. The minimum Gasteiger partial charge on any atom is -0.490 e. The van der Waals surface area contributed by atoms with E-state index in [1.807, 2.05) is 44.2 Å². The molecule has 0 fully saturated rings. The second-order valence-electron chi connectivity index (χ2n) is 4.93. The van der Waals surface area contributed by atoms with E-state index in [9.17, 15) is 0 Å². The summed E-state index contributed by atoms with van der Waals surface area (Å²) in [5, 5.41) is 0. The van der Waals surface area contributed by atoms with Gasteiger partial charge in [0, 0.05) is 29.6 Å². The molecule has 0 bridgehead atoms. The zero-order valence-corrected chi connectivity index (χ0v) is 12.8. The van der Waals surface area contributed by atoms with Gasteiger partial charge in [-0.1, -0.05) is 19.1 Å². The maximum Gasteiger partial charge on any atom is 0.169 e. The monoisotopic (exact) mass is 286 g/mol. The van der Waals surface area contributed by atoms with E-state index in [1.165, 1.54) is 0 Å². The largest absolute Gasteiger partial charge is 0.490 e. The molecule has 2 aromatic rings. The molecule has 0 atom stereocenters. The zero-order valence-electron chi connectivity index (χ0n) is 12.8. The highest BCUT2D eigenvalue weighted by Gasteiger charge is 2.12. The van der Waals surface area contributed by atoms with Crippen LogP contribution in [0.1, 0.15) is 30.3 Å². The first-order chi connectivity index (χ1) is 10.2. The molecule has 0 saturated carbocycles. The number of aromatic nitrogens is 1. The minimum absolute atomic E-state index is 0.395. The van der Waals surface area contributed by atoms with Crippen LogP contribution in [0.5, 0.6) is 17.2 Å². The molecular weight excluding hydrogens is 264 g/mol. The van der Waals surface area contributed by atoms with Gasteiger partial charge in [0.15, 0.2) is 11.5 Å². The number of aryl methyl sites for hydroxylation is 2. The fourth-order valence-electron chi connectivity index (χ4n) is 2.14. The molecule has 1 heterocycles. The number of para-hydroxylation sites is 2. The fourth-order valence-corrected chi connectivity index (χ4v) is 2.14. The van der Waals surface area contributed by atoms with Crippen molar-refractivity contribution in [3.05, 3.63) is 47.3 Å². The quantitative estimate of drug-likeness (QED) is 0.879. The highest BCUT2D eigenvalue weighted by molar-refractivity contribution is 5.46. The number of nitrogens with zero attached hydrogens (tertiary/aromatic N) is 1. The Balaban J connectivity index is 2.34. The summed E-state index contributed by atoms with van der Waals surface area (Å²) in [5.74, 6) is 2.19. The molecule has 0 aliphatic carbocycles. The Labute approximate surface area is 125 Å². The molecule has 0 aliphatic heterocycles. The van der Waals surface area contributed by atoms with E-state index < -0.39 is 0 Å². The first kappa shape index (κ1) is 15.3. The Bertz CT molecular complexity index is 612. The number of benzene rings is 1. The van der Waals surface area contributed by atoms with Gasteiger partial charge in [-0.05, 0) is 32.4 Å². The van der Waals surface area contributed by atoms with Gasteiger partial charge in [-0.2, -0.15) is 0 Å². The van der Waals surface area contributed by atoms with Crippen LogP contribution in [-0.4, -0.2) is 11.6 Å². The average molecular weight is 286 g/mol. The molecule has 2 N–H and O–H groups in total. The van der Waals surface area contributed by atoms with Crippen LogP contribution in [-0.2, 0) is 6.54 Å². The Morgan fingerprint density at radius 2 is 1.81 bits per heavy atom. The molecule has 1 aromatic heterocycles. The van der Waals surface area contributed by atoms with Gasteiger partial charge in [0.05, 0.1) is 6.61 Å². The van der Waals surface area contributed by atoms with Gasteiger partial charge in [-0.25, -0.2) is 0 Å². The summed E-state index contributed by atoms with van der Waals surface area (Å²) in [5.41, 5.74) is 8.56. The molecule has 4 nitrogen and oxygen atoms in total. The summed E-state index contributed by atoms with van der Waals surface area (Å²) < 4.78 is 11.8. The lowest BCUT2D eigenvalue weighted by molar-refractivity contribution is 0.301. The molecule has 4 heteroatoms. The average Bonchev–Trinajstić information content (AvgIpc) is 2.46. The van der Waals surface area contributed by atoms with Crippen LogP contribution in [0.2, 0.25) is 0 Å². The molecule has 1 aromatic carbocycles. The summed E-state index contributed by atoms with van der Waals surface area (Å²) in [6.07, 6.45) is 0.954. The Kier molecular flexibility index (Phi) is 5.17. The summed E-state index contributed by atoms with van der Waals surface area (Å²) in [4.78, 5) is 4.43. The smallest absolute Gasteiger partial charge is 0.169 e. The summed E-state index contributed by atoms with van der Waals surface area (Å²) in [7, 11) is 0. The van der Waals surface area contributed by atoms with Crippen LogP contribution >= 0.6 is 0 Å². The molecule has 0 aliphatic rings. The van der Waals surface area contributed by atoms with Crippen molar-refractivity contribution in [1.82, 2.24) is 4.98 Å². The number of nitrogens with two attached hydrogens (primary N) is 1. The van der Waals surface area contributed by atoms with Crippen molar-refractivity contribution in [2.45, 2.75) is 33.7 Å². The van der Waals surface area contributed by atoms with E-state index in [0.717, 1.165) is 34.9 Å². The first-order valence-corrected chi connectivity index (χ1v) is 7.22. The lowest BCUT2D eigenvalue weighted by Gasteiger charge is -2.15. The van der Waals surface area contributed by atoms with Gasteiger partial charge < -0.3 is 15.2 Å². The van der Waals surface area contributed by atoms with E-state index in [0.29, 0.717) is 18.9 Å². The van der Waals surface area contributed by atoms with Crippen molar-refractivity contribution in [2.75, 3.05) is 6.61 Å². The fraction of sp³-hybridized carbons (Fsp3) is 0.353. The number of ether oxygens (including phenoxy) is 2. The van der Waals surface area contributed by atoms with Crippen molar-refractivity contribution in [1.29, 1.82) is 0 Å². The van der Waals surface area contributed by atoms with Crippen molar-refractivity contribution in [3.63, 3.8) is 0 Å². The number of rotatable bonds is 6. The highest BCUT2D eigenvalue weighted by atomic mass is 16.5. The SMILES string of the molecule is CCCOc1ccccc1Oc1cc(C)nc(C)c1CN. The topological polar surface area (TPSA) is 57.4 Å². The van der Waals surface area contributed by atoms with Crippen LogP contribution in [0, 0.1) is 13.8 Å². The molecule has 0 amide bonds. The first-order valence-electron chi connectivity index (χ1n) is 7.22. The predicted octanol–water partition coefficient (Wildman–Crippen LogP) is 3.74. The van der Waals surface area contributed by atoms with Gasteiger partial charge in [0.25, 0.3) is 0 Å². The van der Waals surface area contributed by atoms with Crippen LogP contribution in [0.15, 0.2) is 30.3 Å². The Morgan fingerprint density at radius 3 is 2.48 bits per heavy atom. The van der Waals surface area contributed by atoms with Gasteiger partial charge in [0.1, 0.15) is 5.75 Å². The normalized spacial score (nSPS) is 10.5. The van der Waals surface area contributed by atoms with E-state index in [1.54, 1.807) is 0 Å². The van der Waals surface area contributed by atoms with E-state index >= 15 is 0 Å². The third-order valence-electron chi connectivity index (χ3n) is 3.15. The molecule has 2 rings (SSSR count). The van der Waals surface area contributed by atoms with Crippen LogP contribution < -0.4 is 15.2 Å². The van der Waals surface area contributed by atoms with Gasteiger partial charge in [0.2, 0.25) is 0 Å². The Hall–Kier alpha value is -2.07. The molecule has 0 radical (unpaired) electrons. The number of pyridine rings is 1. The van der Waals surface area contributed by atoms with Gasteiger partial charge in [-0.3, -0.25) is 4.98 Å². The molecule has 112 valence electrons. The van der Waals surface area contributed by atoms with Crippen LogP contribution in [0.4, 0.5) is 0 Å².